The van der Waals surface area contributed by atoms with Gasteiger partial charge in [0.05, 0.1) is 17.7 Å². The Balaban J connectivity index is 2.23. The van der Waals surface area contributed by atoms with Gasteiger partial charge in [0.25, 0.3) is 0 Å². The van der Waals surface area contributed by atoms with Crippen LogP contribution < -0.4 is 4.74 Å². The standard InChI is InChI=1S/C16H16O4S/c1-3-11-10-12(15(17)19-4-2)7-8-13(11)16(18)20-14-6-5-9-21-14/h5-10H,3-4H2,1-2H3. The van der Waals surface area contributed by atoms with Crippen molar-refractivity contribution in [2.45, 2.75) is 20.3 Å². The maximum Gasteiger partial charge on any atom is 0.344 e. The minimum atomic E-state index is -0.412. The first-order chi connectivity index (χ1) is 10.2. The zero-order valence-electron chi connectivity index (χ0n) is 11.9. The highest BCUT2D eigenvalue weighted by molar-refractivity contribution is 7.11. The molecule has 1 heterocycles. The number of thiophene rings is 1. The number of ether oxygens (including phenoxy) is 2. The van der Waals surface area contributed by atoms with Gasteiger partial charge in [-0.1, -0.05) is 6.92 Å². The topological polar surface area (TPSA) is 52.6 Å². The Morgan fingerprint density at radius 2 is 1.95 bits per heavy atom. The van der Waals surface area contributed by atoms with Crippen LogP contribution in [0, 0.1) is 0 Å². The Kier molecular flexibility index (Phi) is 5.11. The van der Waals surface area contributed by atoms with Crippen LogP contribution in [0.25, 0.3) is 0 Å². The van der Waals surface area contributed by atoms with Gasteiger partial charge in [0, 0.05) is 0 Å². The average Bonchev–Trinajstić information content (AvgIpc) is 2.99. The summed E-state index contributed by atoms with van der Waals surface area (Å²) >= 11 is 1.36. The number of carbonyl (C=O) groups is 2. The molecule has 1 aromatic carbocycles. The molecule has 0 bridgehead atoms. The predicted octanol–water partition coefficient (Wildman–Crippen LogP) is 3.71. The lowest BCUT2D eigenvalue weighted by Crippen LogP contribution is -2.12. The third-order valence-electron chi connectivity index (χ3n) is 2.91. The fraction of sp³-hybridized carbons (Fsp3) is 0.250. The molecule has 0 amide bonds. The summed E-state index contributed by atoms with van der Waals surface area (Å²) in [5, 5.41) is 2.39. The van der Waals surface area contributed by atoms with E-state index < -0.39 is 5.97 Å². The molecule has 0 aliphatic carbocycles. The number of esters is 2. The molecule has 0 unspecified atom stereocenters. The lowest BCUT2D eigenvalue weighted by molar-refractivity contribution is 0.0525. The van der Waals surface area contributed by atoms with Gasteiger partial charge < -0.3 is 9.47 Å². The molecule has 0 radical (unpaired) electrons. The Bertz CT molecular complexity index is 632. The highest BCUT2D eigenvalue weighted by Gasteiger charge is 2.16. The van der Waals surface area contributed by atoms with Crippen molar-refractivity contribution >= 4 is 23.3 Å². The lowest BCUT2D eigenvalue weighted by Gasteiger charge is -2.09. The van der Waals surface area contributed by atoms with E-state index in [0.717, 1.165) is 5.56 Å². The van der Waals surface area contributed by atoms with Crippen molar-refractivity contribution in [1.29, 1.82) is 0 Å². The largest absolute Gasteiger partial charge is 0.462 e. The predicted molar refractivity (Wildman–Crippen MR) is 81.1 cm³/mol. The zero-order valence-corrected chi connectivity index (χ0v) is 12.7. The summed E-state index contributed by atoms with van der Waals surface area (Å²) in [6, 6.07) is 8.44. The van der Waals surface area contributed by atoms with Crippen LogP contribution in [0.4, 0.5) is 0 Å². The fourth-order valence-corrected chi connectivity index (χ4v) is 2.47. The van der Waals surface area contributed by atoms with Crippen LogP contribution in [0.15, 0.2) is 35.7 Å². The smallest absolute Gasteiger partial charge is 0.344 e. The molecule has 0 spiro atoms. The summed E-state index contributed by atoms with van der Waals surface area (Å²) in [5.41, 5.74) is 1.68. The Morgan fingerprint density at radius 1 is 1.14 bits per heavy atom. The van der Waals surface area contributed by atoms with E-state index in [1.54, 1.807) is 31.2 Å². The zero-order chi connectivity index (χ0) is 15.2. The number of rotatable bonds is 5. The second-order valence-corrected chi connectivity index (χ2v) is 5.18. The van der Waals surface area contributed by atoms with E-state index in [0.29, 0.717) is 29.2 Å². The molecule has 1 aromatic heterocycles. The van der Waals surface area contributed by atoms with Gasteiger partial charge in [0.15, 0.2) is 5.06 Å². The molecule has 0 saturated carbocycles. The van der Waals surface area contributed by atoms with E-state index in [1.165, 1.54) is 11.3 Å². The summed E-state index contributed by atoms with van der Waals surface area (Å²) in [7, 11) is 0. The van der Waals surface area contributed by atoms with Crippen LogP contribution in [0.1, 0.15) is 40.1 Å². The van der Waals surface area contributed by atoms with Gasteiger partial charge >= 0.3 is 11.9 Å². The van der Waals surface area contributed by atoms with Gasteiger partial charge in [-0.05, 0) is 54.6 Å². The van der Waals surface area contributed by atoms with Crippen LogP contribution >= 0.6 is 11.3 Å². The number of hydrogen-bond acceptors (Lipinski definition) is 5. The summed E-state index contributed by atoms with van der Waals surface area (Å²) in [4.78, 5) is 23.9. The molecule has 2 aromatic rings. The van der Waals surface area contributed by atoms with E-state index in [1.807, 2.05) is 18.4 Å². The van der Waals surface area contributed by atoms with E-state index in [-0.39, 0.29) is 5.97 Å². The van der Waals surface area contributed by atoms with Gasteiger partial charge in [-0.15, -0.1) is 11.3 Å². The first-order valence-electron chi connectivity index (χ1n) is 6.71. The number of aryl methyl sites for hydroxylation is 1. The van der Waals surface area contributed by atoms with Gasteiger partial charge in [0.1, 0.15) is 0 Å². The van der Waals surface area contributed by atoms with Gasteiger partial charge in [0.2, 0.25) is 0 Å². The SMILES string of the molecule is CCOC(=O)c1ccc(C(=O)Oc2cccs2)c(CC)c1. The maximum atomic E-state index is 12.2. The van der Waals surface area contributed by atoms with Crippen LogP contribution in [0.3, 0.4) is 0 Å². The Labute approximate surface area is 127 Å². The monoisotopic (exact) mass is 304 g/mol. The molecule has 2 rings (SSSR count). The van der Waals surface area contributed by atoms with Gasteiger partial charge in [-0.3, -0.25) is 0 Å². The van der Waals surface area contributed by atoms with Crippen LogP contribution in [0.2, 0.25) is 0 Å². The molecule has 0 N–H and O–H groups in total. The van der Waals surface area contributed by atoms with Crippen molar-refractivity contribution in [2.24, 2.45) is 0 Å². The van der Waals surface area contributed by atoms with Crippen LogP contribution in [0.5, 0.6) is 5.06 Å². The van der Waals surface area contributed by atoms with Crippen molar-refractivity contribution in [1.82, 2.24) is 0 Å². The number of benzene rings is 1. The summed E-state index contributed by atoms with van der Waals surface area (Å²) in [6.07, 6.45) is 0.627. The van der Waals surface area contributed by atoms with Gasteiger partial charge in [-0.2, -0.15) is 0 Å². The molecule has 0 aliphatic rings. The molecule has 0 fully saturated rings. The number of hydrogen-bond donors (Lipinski definition) is 0. The molecule has 21 heavy (non-hydrogen) atoms. The second kappa shape index (κ2) is 7.04. The highest BCUT2D eigenvalue weighted by Crippen LogP contribution is 2.21. The first-order valence-corrected chi connectivity index (χ1v) is 7.59. The van der Waals surface area contributed by atoms with E-state index in [4.69, 9.17) is 9.47 Å². The van der Waals surface area contributed by atoms with Crippen molar-refractivity contribution < 1.29 is 19.1 Å². The molecular formula is C16H16O4S. The molecule has 0 atom stereocenters. The van der Waals surface area contributed by atoms with Crippen molar-refractivity contribution in [3.8, 4) is 5.06 Å². The van der Waals surface area contributed by atoms with Gasteiger partial charge in [-0.25, -0.2) is 9.59 Å². The lowest BCUT2D eigenvalue weighted by atomic mass is 10.0. The van der Waals surface area contributed by atoms with Crippen LogP contribution in [-0.2, 0) is 11.2 Å². The fourth-order valence-electron chi connectivity index (χ4n) is 1.89. The third kappa shape index (κ3) is 3.70. The van der Waals surface area contributed by atoms with Crippen molar-refractivity contribution in [2.75, 3.05) is 6.61 Å². The minimum absolute atomic E-state index is 0.322. The average molecular weight is 304 g/mol. The quantitative estimate of drug-likeness (QED) is 0.790. The summed E-state index contributed by atoms with van der Waals surface area (Å²) in [5.74, 6) is -0.796. The summed E-state index contributed by atoms with van der Waals surface area (Å²) in [6.45, 7) is 4.00. The van der Waals surface area contributed by atoms with Crippen molar-refractivity contribution in [3.05, 3.63) is 52.4 Å². The Morgan fingerprint density at radius 3 is 2.57 bits per heavy atom. The van der Waals surface area contributed by atoms with Crippen molar-refractivity contribution in [3.63, 3.8) is 0 Å². The highest BCUT2D eigenvalue weighted by atomic mass is 32.1. The number of carbonyl (C=O) groups excluding carboxylic acids is 2. The molecule has 110 valence electrons. The molecule has 0 aliphatic heterocycles. The summed E-state index contributed by atoms with van der Waals surface area (Å²) < 4.78 is 10.3. The maximum absolute atomic E-state index is 12.2. The van der Waals surface area contributed by atoms with Crippen LogP contribution in [-0.4, -0.2) is 18.5 Å². The molecule has 0 saturated heterocycles. The second-order valence-electron chi connectivity index (χ2n) is 4.27. The first kappa shape index (κ1) is 15.3. The minimum Gasteiger partial charge on any atom is -0.462 e. The molecule has 4 nitrogen and oxygen atoms in total. The van der Waals surface area contributed by atoms with E-state index in [2.05, 4.69) is 0 Å². The normalized spacial score (nSPS) is 10.2. The van der Waals surface area contributed by atoms with E-state index in [9.17, 15) is 9.59 Å². The molecular weight excluding hydrogens is 288 g/mol. The third-order valence-corrected chi connectivity index (χ3v) is 3.65. The van der Waals surface area contributed by atoms with E-state index >= 15 is 0 Å². The Hall–Kier alpha value is -2.14. The molecule has 5 heteroatoms.